The minimum atomic E-state index is -0.739. The zero-order valence-electron chi connectivity index (χ0n) is 6.82. The fourth-order valence-electron chi connectivity index (χ4n) is 1.81. The Morgan fingerprint density at radius 3 is 3.25 bits per heavy atom. The Kier molecular flexibility index (Phi) is 1.43. The van der Waals surface area contributed by atoms with Crippen molar-refractivity contribution in [3.63, 3.8) is 0 Å². The Hall–Kier alpha value is -1.32. The third-order valence-electron chi connectivity index (χ3n) is 2.39. The highest BCUT2D eigenvalue weighted by atomic mass is 16.4. The standard InChI is InChI=1S/C8H10N2O2/c1-10-7-5(4-9-10)2-3-6(7)8(11)12/h4,6H,2-3H2,1H3,(H,11,12). The predicted molar refractivity (Wildman–Crippen MR) is 41.9 cm³/mol. The van der Waals surface area contributed by atoms with Crippen LogP contribution < -0.4 is 0 Å². The second kappa shape index (κ2) is 2.33. The van der Waals surface area contributed by atoms with Crippen molar-refractivity contribution in [1.29, 1.82) is 0 Å². The molecular weight excluding hydrogens is 156 g/mol. The number of carboxylic acid groups (broad SMARTS) is 1. The molecule has 1 aromatic heterocycles. The smallest absolute Gasteiger partial charge is 0.312 e. The molecule has 1 aromatic rings. The molecule has 1 unspecified atom stereocenters. The average Bonchev–Trinajstić information content (AvgIpc) is 2.53. The molecule has 0 amide bonds. The Labute approximate surface area is 69.8 Å². The summed E-state index contributed by atoms with van der Waals surface area (Å²) in [6.45, 7) is 0. The average molecular weight is 166 g/mol. The summed E-state index contributed by atoms with van der Waals surface area (Å²) in [6, 6.07) is 0. The summed E-state index contributed by atoms with van der Waals surface area (Å²) in [4.78, 5) is 10.8. The van der Waals surface area contributed by atoms with Gasteiger partial charge in [0.25, 0.3) is 0 Å². The van der Waals surface area contributed by atoms with Gasteiger partial charge in [0.05, 0.1) is 17.8 Å². The number of carboxylic acids is 1. The minimum absolute atomic E-state index is 0.340. The molecule has 0 bridgehead atoms. The van der Waals surface area contributed by atoms with Crippen molar-refractivity contribution in [2.45, 2.75) is 18.8 Å². The lowest BCUT2D eigenvalue weighted by atomic mass is 10.1. The molecule has 0 aromatic carbocycles. The van der Waals surface area contributed by atoms with E-state index < -0.39 is 5.97 Å². The first-order valence-corrected chi connectivity index (χ1v) is 3.93. The van der Waals surface area contributed by atoms with Crippen LogP contribution in [0.5, 0.6) is 0 Å². The van der Waals surface area contributed by atoms with E-state index in [4.69, 9.17) is 5.11 Å². The third-order valence-corrected chi connectivity index (χ3v) is 2.39. The van der Waals surface area contributed by atoms with Gasteiger partial charge in [-0.05, 0) is 18.4 Å². The summed E-state index contributed by atoms with van der Waals surface area (Å²) in [5, 5.41) is 12.9. The molecule has 4 heteroatoms. The Morgan fingerprint density at radius 1 is 1.83 bits per heavy atom. The number of fused-ring (bicyclic) bond motifs is 1. The molecule has 64 valence electrons. The number of carbonyl (C=O) groups is 1. The molecule has 1 N–H and O–H groups in total. The van der Waals surface area contributed by atoms with E-state index >= 15 is 0 Å². The van der Waals surface area contributed by atoms with E-state index in [2.05, 4.69) is 5.10 Å². The molecule has 2 rings (SSSR count). The molecule has 1 aliphatic rings. The highest BCUT2D eigenvalue weighted by Crippen LogP contribution is 2.32. The minimum Gasteiger partial charge on any atom is -0.481 e. The number of hydrogen-bond acceptors (Lipinski definition) is 2. The van der Waals surface area contributed by atoms with Gasteiger partial charge >= 0.3 is 5.97 Å². The summed E-state index contributed by atoms with van der Waals surface area (Å²) in [5.41, 5.74) is 1.97. The number of nitrogens with zero attached hydrogens (tertiary/aromatic N) is 2. The van der Waals surface area contributed by atoms with E-state index in [-0.39, 0.29) is 5.92 Å². The maximum absolute atomic E-state index is 10.8. The van der Waals surface area contributed by atoms with E-state index in [0.29, 0.717) is 0 Å². The molecule has 4 nitrogen and oxygen atoms in total. The lowest BCUT2D eigenvalue weighted by molar-refractivity contribution is -0.138. The molecule has 0 saturated carbocycles. The molecule has 0 radical (unpaired) electrons. The number of rotatable bonds is 1. The van der Waals surface area contributed by atoms with Gasteiger partial charge in [0.1, 0.15) is 0 Å². The van der Waals surface area contributed by atoms with Gasteiger partial charge in [0.2, 0.25) is 0 Å². The molecule has 0 aliphatic heterocycles. The van der Waals surface area contributed by atoms with E-state index in [0.717, 1.165) is 24.1 Å². The lowest BCUT2D eigenvalue weighted by Crippen LogP contribution is -2.12. The van der Waals surface area contributed by atoms with Crippen LogP contribution in [0, 0.1) is 0 Å². The SMILES string of the molecule is Cn1ncc2c1C(C(=O)O)CC2. The Bertz CT molecular complexity index is 330. The quantitative estimate of drug-likeness (QED) is 0.662. The number of aliphatic carboxylic acids is 1. The van der Waals surface area contributed by atoms with Crippen LogP contribution in [0.3, 0.4) is 0 Å². The molecule has 0 spiro atoms. The molecule has 1 aliphatic carbocycles. The van der Waals surface area contributed by atoms with Gasteiger partial charge < -0.3 is 5.11 Å². The first-order chi connectivity index (χ1) is 5.70. The predicted octanol–water partition coefficient (Wildman–Crippen LogP) is 0.534. The summed E-state index contributed by atoms with van der Waals surface area (Å²) < 4.78 is 1.67. The molecule has 1 heterocycles. The number of aromatic nitrogens is 2. The van der Waals surface area contributed by atoms with Crippen LogP contribution in [-0.4, -0.2) is 20.9 Å². The van der Waals surface area contributed by atoms with Crippen LogP contribution in [0.2, 0.25) is 0 Å². The van der Waals surface area contributed by atoms with Crippen LogP contribution >= 0.6 is 0 Å². The maximum Gasteiger partial charge on any atom is 0.312 e. The van der Waals surface area contributed by atoms with Crippen molar-refractivity contribution in [3.05, 3.63) is 17.5 Å². The van der Waals surface area contributed by atoms with E-state index in [1.807, 2.05) is 0 Å². The largest absolute Gasteiger partial charge is 0.481 e. The molecule has 1 atom stereocenters. The Balaban J connectivity index is 2.46. The molecule has 0 saturated heterocycles. The summed E-state index contributed by atoms with van der Waals surface area (Å²) in [6.07, 6.45) is 3.33. The highest BCUT2D eigenvalue weighted by Gasteiger charge is 2.31. The van der Waals surface area contributed by atoms with Crippen molar-refractivity contribution in [2.75, 3.05) is 0 Å². The summed E-state index contributed by atoms with van der Waals surface area (Å²) in [5.74, 6) is -1.08. The highest BCUT2D eigenvalue weighted by molar-refractivity contribution is 5.77. The Morgan fingerprint density at radius 2 is 2.58 bits per heavy atom. The lowest BCUT2D eigenvalue weighted by Gasteiger charge is -2.05. The molecule has 12 heavy (non-hydrogen) atoms. The second-order valence-electron chi connectivity index (χ2n) is 3.11. The normalized spacial score (nSPS) is 20.9. The molecule has 0 fully saturated rings. The topological polar surface area (TPSA) is 55.1 Å². The van der Waals surface area contributed by atoms with E-state index in [1.54, 1.807) is 17.9 Å². The van der Waals surface area contributed by atoms with Crippen molar-refractivity contribution >= 4 is 5.97 Å². The van der Waals surface area contributed by atoms with Crippen LogP contribution in [0.25, 0.3) is 0 Å². The fourth-order valence-corrected chi connectivity index (χ4v) is 1.81. The molecular formula is C8H10N2O2. The van der Waals surface area contributed by atoms with Crippen LogP contribution in [0.4, 0.5) is 0 Å². The van der Waals surface area contributed by atoms with Gasteiger partial charge in [-0.1, -0.05) is 0 Å². The van der Waals surface area contributed by atoms with Crippen LogP contribution in [-0.2, 0) is 18.3 Å². The van der Waals surface area contributed by atoms with E-state index in [9.17, 15) is 4.79 Å². The van der Waals surface area contributed by atoms with Gasteiger partial charge in [-0.25, -0.2) is 0 Å². The summed E-state index contributed by atoms with van der Waals surface area (Å²) >= 11 is 0. The van der Waals surface area contributed by atoms with Crippen LogP contribution in [0.15, 0.2) is 6.20 Å². The number of hydrogen-bond donors (Lipinski definition) is 1. The maximum atomic E-state index is 10.8. The van der Waals surface area contributed by atoms with Gasteiger partial charge in [0, 0.05) is 7.05 Å². The van der Waals surface area contributed by atoms with Crippen molar-refractivity contribution in [2.24, 2.45) is 7.05 Å². The summed E-state index contributed by atoms with van der Waals surface area (Å²) in [7, 11) is 1.79. The van der Waals surface area contributed by atoms with Gasteiger partial charge in [-0.3, -0.25) is 9.48 Å². The first kappa shape index (κ1) is 7.34. The second-order valence-corrected chi connectivity index (χ2v) is 3.11. The van der Waals surface area contributed by atoms with Crippen LogP contribution in [0.1, 0.15) is 23.6 Å². The van der Waals surface area contributed by atoms with Crippen molar-refractivity contribution < 1.29 is 9.90 Å². The van der Waals surface area contributed by atoms with Gasteiger partial charge in [0.15, 0.2) is 0 Å². The zero-order valence-corrected chi connectivity index (χ0v) is 6.82. The van der Waals surface area contributed by atoms with Gasteiger partial charge in [-0.2, -0.15) is 5.10 Å². The van der Waals surface area contributed by atoms with Crippen molar-refractivity contribution in [1.82, 2.24) is 9.78 Å². The number of aryl methyl sites for hydroxylation is 2. The van der Waals surface area contributed by atoms with Crippen molar-refractivity contribution in [3.8, 4) is 0 Å². The first-order valence-electron chi connectivity index (χ1n) is 3.93. The monoisotopic (exact) mass is 166 g/mol. The van der Waals surface area contributed by atoms with Gasteiger partial charge in [-0.15, -0.1) is 0 Å². The zero-order chi connectivity index (χ0) is 8.72. The van der Waals surface area contributed by atoms with E-state index in [1.165, 1.54) is 0 Å². The third kappa shape index (κ3) is 0.841. The fraction of sp³-hybridized carbons (Fsp3) is 0.500.